The number of hydrogen-bond donors (Lipinski definition) is 0. The average molecular weight is 202 g/mol. The second-order valence-electron chi connectivity index (χ2n) is 3.21. The Kier molecular flexibility index (Phi) is 2.46. The molecular weight excluding hydrogens is 192 g/mol. The zero-order chi connectivity index (χ0) is 9.97. The first-order valence-electron chi connectivity index (χ1n) is 4.41. The van der Waals surface area contributed by atoms with Crippen molar-refractivity contribution in [2.75, 3.05) is 0 Å². The largest absolute Gasteiger partial charge is 0.472 e. The van der Waals surface area contributed by atoms with Crippen LogP contribution in [0.25, 0.3) is 0 Å². The summed E-state index contributed by atoms with van der Waals surface area (Å²) in [5.74, 6) is 0. The van der Waals surface area contributed by atoms with Crippen LogP contribution in [0.4, 0.5) is 0 Å². The van der Waals surface area contributed by atoms with E-state index in [0.29, 0.717) is 0 Å². The normalized spacial score (nSPS) is 10.1. The van der Waals surface area contributed by atoms with Crippen LogP contribution in [0.5, 0.6) is 0 Å². The smallest absolute Gasteiger partial charge is 0.0989 e. The molecule has 2 heteroatoms. The van der Waals surface area contributed by atoms with Crippen LogP contribution in [-0.4, -0.2) is 4.86 Å². The molecule has 0 bridgehead atoms. The molecule has 1 nitrogen and oxygen atoms in total. The van der Waals surface area contributed by atoms with Crippen molar-refractivity contribution in [2.45, 2.75) is 6.92 Å². The van der Waals surface area contributed by atoms with Crippen molar-refractivity contribution in [2.24, 2.45) is 0 Å². The van der Waals surface area contributed by atoms with E-state index in [2.05, 4.69) is 19.1 Å². The number of rotatable bonds is 2. The van der Waals surface area contributed by atoms with E-state index >= 15 is 0 Å². The van der Waals surface area contributed by atoms with Gasteiger partial charge < -0.3 is 4.42 Å². The molecule has 0 radical (unpaired) electrons. The van der Waals surface area contributed by atoms with E-state index in [1.54, 1.807) is 12.5 Å². The lowest BCUT2D eigenvalue weighted by Crippen LogP contribution is -1.97. The van der Waals surface area contributed by atoms with Crippen molar-refractivity contribution in [1.29, 1.82) is 0 Å². The van der Waals surface area contributed by atoms with E-state index in [1.165, 1.54) is 5.56 Å². The molecule has 0 amide bonds. The van der Waals surface area contributed by atoms with Gasteiger partial charge in [-0.05, 0) is 18.6 Å². The van der Waals surface area contributed by atoms with Gasteiger partial charge in [-0.2, -0.15) is 0 Å². The lowest BCUT2D eigenvalue weighted by Gasteiger charge is -2.00. The van der Waals surface area contributed by atoms with Crippen LogP contribution >= 0.6 is 12.2 Å². The topological polar surface area (TPSA) is 13.1 Å². The molecule has 0 atom stereocenters. The minimum absolute atomic E-state index is 0.832. The second-order valence-corrected chi connectivity index (χ2v) is 3.62. The predicted octanol–water partition coefficient (Wildman–Crippen LogP) is 3.35. The van der Waals surface area contributed by atoms with Crippen LogP contribution in [0.1, 0.15) is 16.7 Å². The molecule has 0 aliphatic rings. The van der Waals surface area contributed by atoms with Crippen LogP contribution in [0.15, 0.2) is 47.3 Å². The van der Waals surface area contributed by atoms with Gasteiger partial charge in [0.2, 0.25) is 0 Å². The van der Waals surface area contributed by atoms with Gasteiger partial charge in [-0.25, -0.2) is 0 Å². The highest BCUT2D eigenvalue weighted by molar-refractivity contribution is 7.81. The van der Waals surface area contributed by atoms with Gasteiger partial charge in [0.05, 0.1) is 17.4 Å². The Morgan fingerprint density at radius 2 is 1.79 bits per heavy atom. The number of furan rings is 1. The van der Waals surface area contributed by atoms with Gasteiger partial charge in [0, 0.05) is 5.56 Å². The van der Waals surface area contributed by atoms with Crippen molar-refractivity contribution in [1.82, 2.24) is 0 Å². The molecule has 0 aliphatic carbocycles. The molecule has 0 spiro atoms. The molecule has 1 aromatic carbocycles. The molecule has 14 heavy (non-hydrogen) atoms. The third-order valence-corrected chi connectivity index (χ3v) is 2.57. The molecule has 1 heterocycles. The van der Waals surface area contributed by atoms with E-state index < -0.39 is 0 Å². The monoisotopic (exact) mass is 202 g/mol. The lowest BCUT2D eigenvalue weighted by atomic mass is 10.1. The van der Waals surface area contributed by atoms with Crippen molar-refractivity contribution in [3.8, 4) is 0 Å². The van der Waals surface area contributed by atoms with E-state index in [-0.39, 0.29) is 0 Å². The molecule has 0 saturated heterocycles. The molecule has 2 rings (SSSR count). The summed E-state index contributed by atoms with van der Waals surface area (Å²) in [4.78, 5) is 0.832. The first-order valence-corrected chi connectivity index (χ1v) is 4.82. The maximum absolute atomic E-state index is 5.32. The summed E-state index contributed by atoms with van der Waals surface area (Å²) in [6.45, 7) is 2.06. The summed E-state index contributed by atoms with van der Waals surface area (Å²) >= 11 is 5.32. The number of benzene rings is 1. The highest BCUT2D eigenvalue weighted by Crippen LogP contribution is 2.12. The molecule has 1 aromatic heterocycles. The molecule has 2 aromatic rings. The van der Waals surface area contributed by atoms with Gasteiger partial charge in [0.15, 0.2) is 0 Å². The van der Waals surface area contributed by atoms with Crippen molar-refractivity contribution < 1.29 is 4.42 Å². The zero-order valence-corrected chi connectivity index (χ0v) is 8.67. The van der Waals surface area contributed by atoms with Crippen LogP contribution in [0.2, 0.25) is 0 Å². The number of hydrogen-bond acceptors (Lipinski definition) is 2. The first kappa shape index (κ1) is 9.16. The molecule has 0 unspecified atom stereocenters. The van der Waals surface area contributed by atoms with Crippen LogP contribution in [-0.2, 0) is 0 Å². The van der Waals surface area contributed by atoms with Crippen molar-refractivity contribution in [3.05, 3.63) is 59.5 Å². The molecule has 0 saturated carbocycles. The molecule has 0 fully saturated rings. The highest BCUT2D eigenvalue weighted by atomic mass is 32.1. The fraction of sp³-hybridized carbons (Fsp3) is 0.0833. The van der Waals surface area contributed by atoms with E-state index in [9.17, 15) is 0 Å². The lowest BCUT2D eigenvalue weighted by molar-refractivity contribution is 0.567. The minimum atomic E-state index is 0.832. The Balaban J connectivity index is 2.33. The quantitative estimate of drug-likeness (QED) is 0.547. The molecule has 0 aliphatic heterocycles. The summed E-state index contributed by atoms with van der Waals surface area (Å²) in [6.07, 6.45) is 3.30. The van der Waals surface area contributed by atoms with E-state index in [1.807, 2.05) is 18.2 Å². The Hall–Kier alpha value is -1.41. The fourth-order valence-electron chi connectivity index (χ4n) is 1.27. The third kappa shape index (κ3) is 1.75. The summed E-state index contributed by atoms with van der Waals surface area (Å²) < 4.78 is 4.99. The van der Waals surface area contributed by atoms with Crippen LogP contribution < -0.4 is 0 Å². The molecule has 0 N–H and O–H groups in total. The third-order valence-electron chi connectivity index (χ3n) is 2.10. The number of thiocarbonyl (C=S) groups is 1. The minimum Gasteiger partial charge on any atom is -0.472 e. The summed E-state index contributed by atoms with van der Waals surface area (Å²) in [7, 11) is 0. The first-order chi connectivity index (χ1) is 6.77. The van der Waals surface area contributed by atoms with Crippen LogP contribution in [0.3, 0.4) is 0 Å². The van der Waals surface area contributed by atoms with E-state index in [4.69, 9.17) is 16.6 Å². The maximum atomic E-state index is 5.32. The van der Waals surface area contributed by atoms with Crippen molar-refractivity contribution >= 4 is 17.1 Å². The fourth-order valence-corrected chi connectivity index (χ4v) is 1.52. The summed E-state index contributed by atoms with van der Waals surface area (Å²) in [5, 5.41) is 0. The second kappa shape index (κ2) is 3.76. The maximum Gasteiger partial charge on any atom is 0.0989 e. The SMILES string of the molecule is Cc1ccc(C(=S)c2ccoc2)cc1. The zero-order valence-electron chi connectivity index (χ0n) is 7.86. The van der Waals surface area contributed by atoms with Crippen LogP contribution in [0, 0.1) is 6.92 Å². The Bertz CT molecular complexity index is 426. The van der Waals surface area contributed by atoms with E-state index in [0.717, 1.165) is 16.0 Å². The summed E-state index contributed by atoms with van der Waals surface area (Å²) in [5.41, 5.74) is 3.26. The predicted molar refractivity (Wildman–Crippen MR) is 60.7 cm³/mol. The standard InChI is InChI=1S/C12H10OS/c1-9-2-4-10(5-3-9)12(14)11-6-7-13-8-11/h2-8H,1H3. The van der Waals surface area contributed by atoms with Gasteiger partial charge in [-0.3, -0.25) is 0 Å². The van der Waals surface area contributed by atoms with Crippen molar-refractivity contribution in [3.63, 3.8) is 0 Å². The van der Waals surface area contributed by atoms with Gasteiger partial charge >= 0.3 is 0 Å². The Labute approximate surface area is 88.4 Å². The highest BCUT2D eigenvalue weighted by Gasteiger charge is 2.04. The van der Waals surface area contributed by atoms with Gasteiger partial charge in [-0.1, -0.05) is 42.0 Å². The number of aryl methyl sites for hydroxylation is 1. The van der Waals surface area contributed by atoms with Gasteiger partial charge in [0.1, 0.15) is 0 Å². The Morgan fingerprint density at radius 1 is 1.07 bits per heavy atom. The molecule has 70 valence electrons. The summed E-state index contributed by atoms with van der Waals surface area (Å²) in [6, 6.07) is 10.1. The Morgan fingerprint density at radius 3 is 2.36 bits per heavy atom. The molecular formula is C12H10OS. The average Bonchev–Trinajstić information content (AvgIpc) is 2.71. The van der Waals surface area contributed by atoms with Gasteiger partial charge in [-0.15, -0.1) is 0 Å². The van der Waals surface area contributed by atoms with Gasteiger partial charge in [0.25, 0.3) is 0 Å².